The van der Waals surface area contributed by atoms with E-state index in [1.54, 1.807) is 0 Å². The zero-order valence-electron chi connectivity index (χ0n) is 12.7. The molecule has 1 aromatic heterocycles. The molecule has 2 rings (SSSR count). The Morgan fingerprint density at radius 3 is 2.74 bits per heavy atom. The van der Waals surface area contributed by atoms with Gasteiger partial charge in [-0.25, -0.2) is 4.79 Å². The van der Waals surface area contributed by atoms with Crippen LogP contribution in [0.4, 0.5) is 0 Å². The Kier molecular flexibility index (Phi) is 5.90. The standard InChI is InChI=1S/C12H19N2O8P/c1-19-23(18,20-2)6-5-21-8-7-22-11(10(8)16)14-4-3-9(15)13-12(14)17/h3-4,8,10-11,16H,5-7H2,1-2H3,(H,13,15,17)/t8-,10+,11+/m0/s1. The highest BCUT2D eigenvalue weighted by Crippen LogP contribution is 2.45. The number of aliphatic hydroxyl groups excluding tert-OH is 1. The van der Waals surface area contributed by atoms with Crippen LogP contribution in [0, 0.1) is 0 Å². The predicted molar refractivity (Wildman–Crippen MR) is 78.6 cm³/mol. The van der Waals surface area contributed by atoms with E-state index in [9.17, 15) is 19.3 Å². The van der Waals surface area contributed by atoms with Gasteiger partial charge in [0.1, 0.15) is 12.2 Å². The maximum atomic E-state index is 11.9. The van der Waals surface area contributed by atoms with Gasteiger partial charge in [-0.05, 0) is 0 Å². The number of H-pyrrole nitrogens is 1. The molecule has 0 aromatic carbocycles. The zero-order valence-corrected chi connectivity index (χ0v) is 13.6. The van der Waals surface area contributed by atoms with E-state index < -0.39 is 37.3 Å². The Balaban J connectivity index is 1.96. The summed E-state index contributed by atoms with van der Waals surface area (Å²) in [5.41, 5.74) is -1.23. The van der Waals surface area contributed by atoms with Crippen molar-refractivity contribution in [2.45, 2.75) is 18.4 Å². The maximum Gasteiger partial charge on any atom is 0.332 e. The van der Waals surface area contributed by atoms with E-state index >= 15 is 0 Å². The van der Waals surface area contributed by atoms with Crippen molar-refractivity contribution in [2.24, 2.45) is 0 Å². The third-order valence-electron chi connectivity index (χ3n) is 3.48. The van der Waals surface area contributed by atoms with E-state index in [1.807, 2.05) is 0 Å². The first kappa shape index (κ1) is 18.1. The summed E-state index contributed by atoms with van der Waals surface area (Å²) in [6.45, 7) is 0.0684. The molecular weight excluding hydrogens is 331 g/mol. The fourth-order valence-electron chi connectivity index (χ4n) is 2.17. The van der Waals surface area contributed by atoms with E-state index in [1.165, 1.54) is 20.4 Å². The first-order chi connectivity index (χ1) is 10.9. The molecule has 0 amide bonds. The molecule has 0 unspecified atom stereocenters. The molecule has 0 aliphatic carbocycles. The van der Waals surface area contributed by atoms with E-state index in [4.69, 9.17) is 18.5 Å². The van der Waals surface area contributed by atoms with Crippen molar-refractivity contribution in [1.82, 2.24) is 9.55 Å². The van der Waals surface area contributed by atoms with E-state index in [0.717, 1.165) is 10.6 Å². The number of rotatable bonds is 7. The molecule has 11 heteroatoms. The van der Waals surface area contributed by atoms with Crippen molar-refractivity contribution in [3.05, 3.63) is 33.1 Å². The Labute approximate surface area is 131 Å². The van der Waals surface area contributed by atoms with Gasteiger partial charge in [0.25, 0.3) is 5.56 Å². The van der Waals surface area contributed by atoms with Crippen molar-refractivity contribution in [3.63, 3.8) is 0 Å². The molecule has 10 nitrogen and oxygen atoms in total. The van der Waals surface area contributed by atoms with Crippen molar-refractivity contribution in [2.75, 3.05) is 33.6 Å². The van der Waals surface area contributed by atoms with Crippen molar-refractivity contribution < 1.29 is 28.2 Å². The fourth-order valence-corrected chi connectivity index (χ4v) is 3.01. The van der Waals surface area contributed by atoms with E-state index in [0.29, 0.717) is 0 Å². The minimum atomic E-state index is -3.19. The molecule has 1 saturated heterocycles. The number of aromatic amines is 1. The zero-order chi connectivity index (χ0) is 17.0. The number of hydrogen-bond donors (Lipinski definition) is 2. The first-order valence-electron chi connectivity index (χ1n) is 6.83. The number of aliphatic hydroxyl groups is 1. The Morgan fingerprint density at radius 2 is 2.13 bits per heavy atom. The Bertz CT molecular complexity index is 678. The molecule has 0 spiro atoms. The van der Waals surface area contributed by atoms with Crippen LogP contribution in [-0.2, 0) is 23.1 Å². The third-order valence-corrected chi connectivity index (χ3v) is 5.33. The van der Waals surface area contributed by atoms with Crippen molar-refractivity contribution >= 4 is 7.60 Å². The number of hydrogen-bond acceptors (Lipinski definition) is 8. The lowest BCUT2D eigenvalue weighted by atomic mass is 10.2. The third kappa shape index (κ3) is 4.17. The summed E-state index contributed by atoms with van der Waals surface area (Å²) in [6.07, 6.45) is -1.54. The molecule has 1 aliphatic heterocycles. The highest BCUT2D eigenvalue weighted by atomic mass is 31.2. The van der Waals surface area contributed by atoms with Crippen LogP contribution >= 0.6 is 7.60 Å². The quantitative estimate of drug-likeness (QED) is 0.618. The Morgan fingerprint density at radius 1 is 1.43 bits per heavy atom. The van der Waals surface area contributed by atoms with Crippen LogP contribution < -0.4 is 11.2 Å². The topological polar surface area (TPSA) is 129 Å². The second-order valence-electron chi connectivity index (χ2n) is 4.84. The second-order valence-corrected chi connectivity index (χ2v) is 7.24. The van der Waals surface area contributed by atoms with Gasteiger partial charge in [0, 0.05) is 26.5 Å². The lowest BCUT2D eigenvalue weighted by molar-refractivity contribution is -0.0354. The summed E-state index contributed by atoms with van der Waals surface area (Å²) < 4.78 is 33.3. The molecule has 130 valence electrons. The molecule has 2 N–H and O–H groups in total. The minimum absolute atomic E-state index is 0.0203. The number of ether oxygens (including phenoxy) is 2. The van der Waals surface area contributed by atoms with Gasteiger partial charge in [-0.2, -0.15) is 0 Å². The first-order valence-corrected chi connectivity index (χ1v) is 8.56. The fraction of sp³-hybridized carbons (Fsp3) is 0.667. The van der Waals surface area contributed by atoms with Gasteiger partial charge >= 0.3 is 13.3 Å². The number of aromatic nitrogens is 2. The normalized spacial score (nSPS) is 24.9. The van der Waals surface area contributed by atoms with Gasteiger partial charge in [0.05, 0.1) is 19.4 Å². The molecule has 1 aromatic rings. The molecule has 1 aliphatic rings. The van der Waals surface area contributed by atoms with Crippen LogP contribution in [0.1, 0.15) is 6.23 Å². The molecular formula is C12H19N2O8P. The smallest absolute Gasteiger partial charge is 0.332 e. The van der Waals surface area contributed by atoms with Gasteiger partial charge in [0.2, 0.25) is 0 Å². The van der Waals surface area contributed by atoms with Crippen molar-refractivity contribution in [1.29, 1.82) is 0 Å². The van der Waals surface area contributed by atoms with Crippen LogP contribution in [0.15, 0.2) is 21.9 Å². The SMILES string of the molecule is COP(=O)(CCO[C@H]1CO[C@@H](n2ccc(=O)[nH]c2=O)[C@@H]1O)OC. The van der Waals surface area contributed by atoms with Crippen LogP contribution in [0.25, 0.3) is 0 Å². The largest absolute Gasteiger partial charge is 0.386 e. The van der Waals surface area contributed by atoms with Crippen LogP contribution in [0.2, 0.25) is 0 Å². The lowest BCUT2D eigenvalue weighted by Gasteiger charge is -2.20. The van der Waals surface area contributed by atoms with Crippen LogP contribution in [0.5, 0.6) is 0 Å². The average molecular weight is 350 g/mol. The molecule has 23 heavy (non-hydrogen) atoms. The van der Waals surface area contributed by atoms with Gasteiger partial charge in [-0.15, -0.1) is 0 Å². The summed E-state index contributed by atoms with van der Waals surface area (Å²) in [5.74, 6) is 0. The van der Waals surface area contributed by atoms with Gasteiger partial charge in [-0.1, -0.05) is 0 Å². The predicted octanol–water partition coefficient (Wildman–Crippen LogP) is -0.703. The summed E-state index contributed by atoms with van der Waals surface area (Å²) in [4.78, 5) is 24.8. The molecule has 1 fully saturated rings. The molecule has 0 bridgehead atoms. The van der Waals surface area contributed by atoms with Gasteiger partial charge in [0.15, 0.2) is 6.23 Å². The van der Waals surface area contributed by atoms with Gasteiger partial charge < -0.3 is 23.6 Å². The molecule has 3 atom stereocenters. The molecule has 2 heterocycles. The second kappa shape index (κ2) is 7.52. The summed E-state index contributed by atoms with van der Waals surface area (Å²) >= 11 is 0. The summed E-state index contributed by atoms with van der Waals surface area (Å²) in [5, 5.41) is 10.2. The molecule has 0 saturated carbocycles. The molecule has 0 radical (unpaired) electrons. The Hall–Kier alpha value is -1.29. The monoisotopic (exact) mass is 350 g/mol. The maximum absolute atomic E-state index is 11.9. The summed E-state index contributed by atoms with van der Waals surface area (Å²) in [7, 11) is -0.638. The van der Waals surface area contributed by atoms with Crippen LogP contribution in [-0.4, -0.2) is 60.5 Å². The van der Waals surface area contributed by atoms with Crippen molar-refractivity contribution in [3.8, 4) is 0 Å². The van der Waals surface area contributed by atoms with E-state index in [-0.39, 0.29) is 19.4 Å². The number of nitrogens with zero attached hydrogens (tertiary/aromatic N) is 1. The van der Waals surface area contributed by atoms with E-state index in [2.05, 4.69) is 4.98 Å². The lowest BCUT2D eigenvalue weighted by Crippen LogP contribution is -2.38. The highest BCUT2D eigenvalue weighted by molar-refractivity contribution is 7.53. The number of nitrogens with one attached hydrogen (secondary N) is 1. The summed E-state index contributed by atoms with van der Waals surface area (Å²) in [6, 6.07) is 1.15. The average Bonchev–Trinajstić information content (AvgIpc) is 2.88. The minimum Gasteiger partial charge on any atom is -0.386 e. The van der Waals surface area contributed by atoms with Gasteiger partial charge in [-0.3, -0.25) is 18.9 Å². The van der Waals surface area contributed by atoms with Crippen LogP contribution in [0.3, 0.4) is 0 Å². The highest BCUT2D eigenvalue weighted by Gasteiger charge is 2.38.